The Morgan fingerprint density at radius 3 is 0.902 bits per heavy atom. The molecule has 3 aromatic carbocycles. The van der Waals surface area contributed by atoms with Crippen molar-refractivity contribution < 1.29 is 57.5 Å². The Morgan fingerprint density at radius 1 is 0.353 bits per heavy atom. The van der Waals surface area contributed by atoms with Gasteiger partial charge in [-0.1, -0.05) is 97.4 Å². The van der Waals surface area contributed by atoms with Gasteiger partial charge in [0.2, 0.25) is 70.9 Å². The molecule has 5 atom stereocenters. The third kappa shape index (κ3) is 37.1. The van der Waals surface area contributed by atoms with Gasteiger partial charge < -0.3 is 108 Å². The number of rotatable bonds is 52. The summed E-state index contributed by atoms with van der Waals surface area (Å²) in [6, 6.07) is 22.4. The summed E-state index contributed by atoms with van der Waals surface area (Å²) >= 11 is 0. The van der Waals surface area contributed by atoms with Gasteiger partial charge in [-0.05, 0) is 68.2 Å². The van der Waals surface area contributed by atoms with Crippen molar-refractivity contribution in [3.63, 3.8) is 0 Å². The molecule has 0 aliphatic rings. The molecule has 33 nitrogen and oxygen atoms in total. The van der Waals surface area contributed by atoms with Crippen molar-refractivity contribution in [2.45, 2.75) is 127 Å². The highest BCUT2D eigenvalue weighted by molar-refractivity contribution is 5.87. The van der Waals surface area contributed by atoms with Crippen molar-refractivity contribution in [3.05, 3.63) is 108 Å². The molecule has 0 aliphatic heterocycles. The molecule has 0 aliphatic carbocycles. The maximum atomic E-state index is 14.1. The van der Waals surface area contributed by atoms with E-state index < -0.39 is 89.3 Å². The Labute approximate surface area is 597 Å². The van der Waals surface area contributed by atoms with Gasteiger partial charge in [-0.3, -0.25) is 62.5 Å². The van der Waals surface area contributed by atoms with Crippen molar-refractivity contribution in [1.29, 1.82) is 0 Å². The molecule has 0 spiro atoms. The van der Waals surface area contributed by atoms with E-state index in [0.717, 1.165) is 16.7 Å². The number of nitrogens with zero attached hydrogens (tertiary/aromatic N) is 6. The lowest BCUT2D eigenvalue weighted by molar-refractivity contribution is -0.135. The first-order valence-corrected chi connectivity index (χ1v) is 34.7. The minimum Gasteiger partial charge on any atom is -0.370 e. The molecule has 564 valence electrons. The predicted molar refractivity (Wildman–Crippen MR) is 387 cm³/mol. The van der Waals surface area contributed by atoms with Crippen LogP contribution in [0.4, 0.5) is 0 Å². The van der Waals surface area contributed by atoms with Crippen molar-refractivity contribution in [3.8, 4) is 0 Å². The lowest BCUT2D eigenvalue weighted by Crippen LogP contribution is -2.50. The fourth-order valence-corrected chi connectivity index (χ4v) is 10.6. The van der Waals surface area contributed by atoms with Gasteiger partial charge in [-0.15, -0.1) is 0 Å². The molecular weight excluding hydrogens is 1310 g/mol. The van der Waals surface area contributed by atoms with Crippen LogP contribution < -0.4 is 83.5 Å². The van der Waals surface area contributed by atoms with E-state index in [9.17, 15) is 57.5 Å². The maximum Gasteiger partial charge on any atom is 0.239 e. The van der Waals surface area contributed by atoms with E-state index in [2.05, 4.69) is 36.9 Å². The topological polar surface area (TPSA) is 540 Å². The number of carbonyl (C=O) groups excluding carboxylic acids is 12. The van der Waals surface area contributed by atoms with Gasteiger partial charge in [0.15, 0.2) is 5.96 Å². The summed E-state index contributed by atoms with van der Waals surface area (Å²) < 4.78 is 0. The molecule has 0 saturated heterocycles. The molecule has 0 fully saturated rings. The van der Waals surface area contributed by atoms with Gasteiger partial charge in [-0.25, -0.2) is 0 Å². The SMILES string of the molecule is CC(=O)NCCN(CCC(=O)NCCN(CCC(=O)NCCN(CCC(=O)NCCN(CCC(=O)NCCN(CCC(=O)NCCC(N)=O)C(=O)[C@@H](N)Cc1ccccc1)C(=O)[C@@H](N)CCCN=C(N)N)C(=O)[C@@H](N)Cc1ccccc1)C(=O)[C@@H](N)Cc1ccccc1)C(=O)[C@@H](N)CCCCN. The second kappa shape index (κ2) is 49.8. The van der Waals surface area contributed by atoms with Crippen molar-refractivity contribution in [1.82, 2.24) is 56.4 Å². The van der Waals surface area contributed by atoms with Crippen molar-refractivity contribution in [2.75, 3.05) is 118 Å². The molecule has 0 bridgehead atoms. The average Bonchev–Trinajstić information content (AvgIpc) is 0.903. The van der Waals surface area contributed by atoms with Crippen LogP contribution in [0.15, 0.2) is 96.0 Å². The number of nitrogens with two attached hydrogens (primary N) is 9. The Morgan fingerprint density at radius 2 is 0.627 bits per heavy atom. The number of guanidine groups is 1. The summed E-state index contributed by atoms with van der Waals surface area (Å²) in [5.74, 6) is -5.72. The second-order valence-corrected chi connectivity index (χ2v) is 24.7. The smallest absolute Gasteiger partial charge is 0.239 e. The summed E-state index contributed by atoms with van der Waals surface area (Å²) in [5.41, 5.74) is 56.0. The Kier molecular flexibility index (Phi) is 42.3. The Balaban J connectivity index is 1.70. The van der Waals surface area contributed by atoms with Crippen LogP contribution in [0.1, 0.15) is 94.2 Å². The highest BCUT2D eigenvalue weighted by Gasteiger charge is 2.28. The molecule has 0 aromatic heterocycles. The van der Waals surface area contributed by atoms with E-state index in [0.29, 0.717) is 32.2 Å². The van der Waals surface area contributed by atoms with Gasteiger partial charge >= 0.3 is 0 Å². The number of unbranched alkanes of at least 4 members (excludes halogenated alkanes) is 1. The van der Waals surface area contributed by atoms with Gasteiger partial charge in [0.25, 0.3) is 0 Å². The molecule has 12 amide bonds. The minimum atomic E-state index is -1.04. The van der Waals surface area contributed by atoms with E-state index in [-0.39, 0.29) is 193 Å². The highest BCUT2D eigenvalue weighted by Crippen LogP contribution is 2.11. The molecule has 0 unspecified atom stereocenters. The Hall–Kier alpha value is -9.67. The summed E-state index contributed by atoms with van der Waals surface area (Å²) in [6.45, 7) is 1.37. The molecule has 0 radical (unpaired) electrons. The summed E-state index contributed by atoms with van der Waals surface area (Å²) in [4.78, 5) is 169. The lowest BCUT2D eigenvalue weighted by atomic mass is 10.1. The van der Waals surface area contributed by atoms with E-state index in [1.807, 2.05) is 78.9 Å². The van der Waals surface area contributed by atoms with Crippen LogP contribution in [0.3, 0.4) is 0 Å². The molecule has 3 aromatic rings. The number of nitrogens with one attached hydrogen (secondary N) is 6. The number of aliphatic imine (C=N–C) groups is 1. The minimum absolute atomic E-state index is 0.00492. The van der Waals surface area contributed by atoms with Crippen LogP contribution in [-0.2, 0) is 76.8 Å². The zero-order valence-electron chi connectivity index (χ0n) is 59.0. The molecular formula is C69H111N21O12. The Bertz CT molecular complexity index is 3110. The van der Waals surface area contributed by atoms with Crippen LogP contribution in [0.2, 0.25) is 0 Å². The molecule has 0 heterocycles. The highest BCUT2D eigenvalue weighted by atomic mass is 16.2. The average molecular weight is 1430 g/mol. The van der Waals surface area contributed by atoms with Crippen molar-refractivity contribution in [2.24, 2.45) is 56.6 Å². The standard InChI is InChI=1S/C69H111N21O12/c1-49(91)79-31-41-86(64(98)53(71)20-11-12-28-70)36-24-60(94)82-34-44-90(68(102)57(75)48-52-18-9-4-10-19-52)40-27-63(97)84-35-45-89(67(101)56(74)47-51-16-7-3-8-17-51)39-26-62(96)81-32-42-87(65(99)54(72)21-13-29-85-69(77)78)37-25-61(95)83-33-43-88(38-23-59(93)80-30-22-58(76)92)66(100)55(73)46-50-14-5-2-6-15-50/h2-10,14-19,53-57H,11-13,20-48,70-75H2,1H3,(H2,76,92)(H,79,91)(H,80,93)(H,81,96)(H,82,94)(H,83,95)(H,84,97)(H4,77,78,85)/t53-,54-,55-,56-,57-/m0/s1. The molecule has 24 N–H and O–H groups in total. The predicted octanol–water partition coefficient (Wildman–Crippen LogP) is -4.78. The number of hydrogen-bond donors (Lipinski definition) is 15. The first-order valence-electron chi connectivity index (χ1n) is 34.7. The third-order valence-corrected chi connectivity index (χ3v) is 16.3. The van der Waals surface area contributed by atoms with E-state index in [4.69, 9.17) is 51.6 Å². The van der Waals surface area contributed by atoms with Gasteiger partial charge in [-0.2, -0.15) is 0 Å². The first-order chi connectivity index (χ1) is 48.8. The molecule has 33 heteroatoms. The van der Waals surface area contributed by atoms with Crippen LogP contribution in [0, 0.1) is 0 Å². The quantitative estimate of drug-likeness (QED) is 0.0143. The summed E-state index contributed by atoms with van der Waals surface area (Å²) in [6.07, 6.45) is 1.85. The zero-order chi connectivity index (χ0) is 75.2. The van der Waals surface area contributed by atoms with Crippen LogP contribution in [0.5, 0.6) is 0 Å². The summed E-state index contributed by atoms with van der Waals surface area (Å²) in [5, 5.41) is 16.3. The first kappa shape index (κ1) is 86.6. The van der Waals surface area contributed by atoms with Gasteiger partial charge in [0.1, 0.15) is 0 Å². The number of carbonyl (C=O) groups is 12. The van der Waals surface area contributed by atoms with Gasteiger partial charge in [0, 0.05) is 157 Å². The van der Waals surface area contributed by atoms with E-state index >= 15 is 0 Å². The zero-order valence-corrected chi connectivity index (χ0v) is 59.0. The third-order valence-electron chi connectivity index (χ3n) is 16.3. The van der Waals surface area contributed by atoms with Crippen molar-refractivity contribution >= 4 is 76.8 Å². The molecule has 102 heavy (non-hydrogen) atoms. The number of primary amides is 1. The molecule has 3 rings (SSSR count). The molecule has 0 saturated carbocycles. The van der Waals surface area contributed by atoms with Crippen LogP contribution in [-0.4, -0.2) is 249 Å². The summed E-state index contributed by atoms with van der Waals surface area (Å²) in [7, 11) is 0. The van der Waals surface area contributed by atoms with Crippen LogP contribution >= 0.6 is 0 Å². The maximum absolute atomic E-state index is 14.1. The monoisotopic (exact) mass is 1430 g/mol. The van der Waals surface area contributed by atoms with E-state index in [1.165, 1.54) is 31.4 Å². The van der Waals surface area contributed by atoms with Crippen LogP contribution in [0.25, 0.3) is 0 Å². The lowest BCUT2D eigenvalue weighted by Gasteiger charge is -2.27. The number of benzene rings is 3. The van der Waals surface area contributed by atoms with E-state index in [1.54, 1.807) is 12.1 Å². The number of hydrogen-bond acceptors (Lipinski definition) is 19. The second-order valence-electron chi connectivity index (χ2n) is 24.7. The fourth-order valence-electron chi connectivity index (χ4n) is 10.6. The fraction of sp³-hybridized carbons (Fsp3) is 0.551. The number of amides is 12. The van der Waals surface area contributed by atoms with Gasteiger partial charge in [0.05, 0.1) is 30.2 Å². The largest absolute Gasteiger partial charge is 0.370 e. The normalized spacial score (nSPS) is 12.3.